The second kappa shape index (κ2) is 8.06. The molecule has 32 heavy (non-hydrogen) atoms. The maximum Gasteiger partial charge on any atom is 0.333 e. The highest BCUT2D eigenvalue weighted by atomic mass is 35.5. The van der Waals surface area contributed by atoms with E-state index in [9.17, 15) is 14.0 Å². The van der Waals surface area contributed by atoms with Crippen LogP contribution in [0, 0.1) is 5.82 Å². The molecule has 0 amide bonds. The van der Waals surface area contributed by atoms with Gasteiger partial charge < -0.3 is 4.90 Å². The Labute approximate surface area is 190 Å². The van der Waals surface area contributed by atoms with Gasteiger partial charge in [-0.3, -0.25) is 18.5 Å². The topological polar surface area (TPSA) is 65.1 Å². The molecule has 0 N–H and O–H groups in total. The van der Waals surface area contributed by atoms with Gasteiger partial charge in [0.25, 0.3) is 5.56 Å². The first-order valence-electron chi connectivity index (χ1n) is 11.3. The molecular weight excluding hydrogens is 433 g/mol. The number of aromatic nitrogens is 4. The SMILES string of the molecule is CC(C)n1c(=O)c2c(nc(N3CCCCC3)n2Cc2c(F)cccc2Cl)n(C2CC2)c1=O. The van der Waals surface area contributed by atoms with Crippen LogP contribution in [-0.2, 0) is 6.54 Å². The summed E-state index contributed by atoms with van der Waals surface area (Å²) in [4.78, 5) is 33.9. The Kier molecular flexibility index (Phi) is 5.35. The Bertz CT molecular complexity index is 1280. The Hall–Kier alpha value is -2.61. The standard InChI is InChI=1S/C23H27ClFN5O2/c1-14(2)29-21(31)19-20(30(23(29)32)15-9-10-15)26-22(27-11-4-3-5-12-27)28(19)13-16-17(24)7-6-8-18(16)25/h6-8,14-15H,3-5,9-13H2,1-2H3. The Morgan fingerprint density at radius 3 is 2.50 bits per heavy atom. The van der Waals surface area contributed by atoms with E-state index in [0.717, 1.165) is 45.2 Å². The van der Waals surface area contributed by atoms with Gasteiger partial charge in [-0.1, -0.05) is 17.7 Å². The fourth-order valence-corrected chi connectivity index (χ4v) is 4.88. The van der Waals surface area contributed by atoms with Gasteiger partial charge in [-0.15, -0.1) is 0 Å². The maximum absolute atomic E-state index is 14.7. The lowest BCUT2D eigenvalue weighted by atomic mass is 10.1. The molecule has 1 aliphatic heterocycles. The van der Waals surface area contributed by atoms with Gasteiger partial charge in [0.2, 0.25) is 5.95 Å². The van der Waals surface area contributed by atoms with E-state index in [1.54, 1.807) is 21.3 Å². The summed E-state index contributed by atoms with van der Waals surface area (Å²) in [6.07, 6.45) is 4.96. The summed E-state index contributed by atoms with van der Waals surface area (Å²) in [6, 6.07) is 4.32. The van der Waals surface area contributed by atoms with Crippen molar-refractivity contribution in [1.82, 2.24) is 18.7 Å². The fraction of sp³-hybridized carbons (Fsp3) is 0.522. The molecule has 5 rings (SSSR count). The lowest BCUT2D eigenvalue weighted by Gasteiger charge is -2.28. The van der Waals surface area contributed by atoms with Gasteiger partial charge in [0, 0.05) is 35.8 Å². The zero-order valence-corrected chi connectivity index (χ0v) is 19.1. The number of piperidine rings is 1. The third-order valence-electron chi connectivity index (χ3n) is 6.44. The second-order valence-corrected chi connectivity index (χ2v) is 9.48. The van der Waals surface area contributed by atoms with E-state index in [2.05, 4.69) is 4.90 Å². The van der Waals surface area contributed by atoms with Crippen LogP contribution in [0.1, 0.15) is 63.6 Å². The van der Waals surface area contributed by atoms with Gasteiger partial charge >= 0.3 is 5.69 Å². The van der Waals surface area contributed by atoms with Crippen molar-refractivity contribution in [2.75, 3.05) is 18.0 Å². The predicted molar refractivity (Wildman–Crippen MR) is 123 cm³/mol. The van der Waals surface area contributed by atoms with Crippen molar-refractivity contribution < 1.29 is 4.39 Å². The molecule has 1 aromatic carbocycles. The van der Waals surface area contributed by atoms with Crippen molar-refractivity contribution >= 4 is 28.7 Å². The predicted octanol–water partition coefficient (Wildman–Crippen LogP) is 4.11. The minimum atomic E-state index is -0.427. The fourth-order valence-electron chi connectivity index (χ4n) is 4.66. The van der Waals surface area contributed by atoms with Crippen molar-refractivity contribution in [1.29, 1.82) is 0 Å². The molecule has 1 saturated heterocycles. The van der Waals surface area contributed by atoms with Crippen LogP contribution in [0.5, 0.6) is 0 Å². The Morgan fingerprint density at radius 2 is 1.88 bits per heavy atom. The van der Waals surface area contributed by atoms with E-state index < -0.39 is 5.82 Å². The van der Waals surface area contributed by atoms with Crippen LogP contribution in [-0.4, -0.2) is 31.8 Å². The summed E-state index contributed by atoms with van der Waals surface area (Å²) >= 11 is 6.35. The number of nitrogens with zero attached hydrogens (tertiary/aromatic N) is 5. The summed E-state index contributed by atoms with van der Waals surface area (Å²) in [7, 11) is 0. The van der Waals surface area contributed by atoms with Gasteiger partial charge in [0.1, 0.15) is 5.82 Å². The van der Waals surface area contributed by atoms with E-state index in [0.29, 0.717) is 27.7 Å². The lowest BCUT2D eigenvalue weighted by molar-refractivity contribution is 0.513. The number of halogens is 2. The van der Waals surface area contributed by atoms with Crippen LogP contribution >= 0.6 is 11.6 Å². The number of rotatable bonds is 5. The molecule has 2 fully saturated rings. The first kappa shape index (κ1) is 21.2. The highest BCUT2D eigenvalue weighted by Gasteiger charge is 2.33. The largest absolute Gasteiger partial charge is 0.342 e. The quantitative estimate of drug-likeness (QED) is 0.576. The average Bonchev–Trinajstić information content (AvgIpc) is 3.51. The molecule has 7 nitrogen and oxygen atoms in total. The first-order valence-corrected chi connectivity index (χ1v) is 11.7. The molecule has 1 aliphatic carbocycles. The van der Waals surface area contributed by atoms with E-state index in [1.165, 1.54) is 10.6 Å². The molecule has 0 atom stereocenters. The van der Waals surface area contributed by atoms with E-state index in [4.69, 9.17) is 16.6 Å². The van der Waals surface area contributed by atoms with E-state index in [1.807, 2.05) is 13.8 Å². The summed E-state index contributed by atoms with van der Waals surface area (Å²) in [5, 5.41) is 0.302. The minimum Gasteiger partial charge on any atom is -0.342 e. The summed E-state index contributed by atoms with van der Waals surface area (Å²) in [6.45, 7) is 5.34. The molecule has 1 saturated carbocycles. The lowest BCUT2D eigenvalue weighted by Crippen LogP contribution is -2.41. The summed E-state index contributed by atoms with van der Waals surface area (Å²) < 4.78 is 19.5. The molecule has 3 heterocycles. The van der Waals surface area contributed by atoms with Gasteiger partial charge in [-0.25, -0.2) is 9.18 Å². The van der Waals surface area contributed by atoms with Crippen LogP contribution in [0.3, 0.4) is 0 Å². The van der Waals surface area contributed by atoms with Crippen molar-refractivity contribution in [2.24, 2.45) is 0 Å². The van der Waals surface area contributed by atoms with Crippen LogP contribution < -0.4 is 16.1 Å². The number of imidazole rings is 1. The number of benzene rings is 1. The minimum absolute atomic E-state index is 0.0465. The van der Waals surface area contributed by atoms with E-state index in [-0.39, 0.29) is 29.9 Å². The van der Waals surface area contributed by atoms with Gasteiger partial charge in [0.05, 0.1) is 6.54 Å². The van der Waals surface area contributed by atoms with Crippen LogP contribution in [0.15, 0.2) is 27.8 Å². The Morgan fingerprint density at radius 1 is 1.16 bits per heavy atom. The molecule has 0 spiro atoms. The number of hydrogen-bond donors (Lipinski definition) is 0. The normalized spacial score (nSPS) is 17.0. The van der Waals surface area contributed by atoms with Gasteiger partial charge in [-0.05, 0) is 58.1 Å². The van der Waals surface area contributed by atoms with Gasteiger partial charge in [0.15, 0.2) is 11.2 Å². The van der Waals surface area contributed by atoms with Crippen LogP contribution in [0.4, 0.5) is 10.3 Å². The van der Waals surface area contributed by atoms with Crippen LogP contribution in [0.25, 0.3) is 11.2 Å². The maximum atomic E-state index is 14.7. The zero-order valence-electron chi connectivity index (χ0n) is 18.4. The van der Waals surface area contributed by atoms with Crippen molar-refractivity contribution in [3.63, 3.8) is 0 Å². The zero-order chi connectivity index (χ0) is 22.6. The third-order valence-corrected chi connectivity index (χ3v) is 6.79. The number of fused-ring (bicyclic) bond motifs is 1. The van der Waals surface area contributed by atoms with Crippen LogP contribution in [0.2, 0.25) is 5.02 Å². The second-order valence-electron chi connectivity index (χ2n) is 9.07. The number of hydrogen-bond acceptors (Lipinski definition) is 4. The smallest absolute Gasteiger partial charge is 0.333 e. The molecule has 3 aromatic rings. The molecular formula is C23H27ClFN5O2. The van der Waals surface area contributed by atoms with Crippen molar-refractivity contribution in [3.8, 4) is 0 Å². The summed E-state index contributed by atoms with van der Waals surface area (Å²) in [5.41, 5.74) is 0.336. The molecule has 170 valence electrons. The molecule has 0 radical (unpaired) electrons. The molecule has 2 aromatic heterocycles. The highest BCUT2D eigenvalue weighted by molar-refractivity contribution is 6.31. The van der Waals surface area contributed by atoms with Crippen molar-refractivity contribution in [2.45, 2.75) is 64.6 Å². The molecule has 2 aliphatic rings. The molecule has 0 bridgehead atoms. The Balaban J connectivity index is 1.83. The monoisotopic (exact) mass is 459 g/mol. The summed E-state index contributed by atoms with van der Waals surface area (Å²) in [5.74, 6) is 0.176. The number of anilines is 1. The van der Waals surface area contributed by atoms with Crippen molar-refractivity contribution in [3.05, 3.63) is 55.4 Å². The first-order chi connectivity index (χ1) is 15.4. The van der Waals surface area contributed by atoms with E-state index >= 15 is 0 Å². The average molecular weight is 460 g/mol. The third kappa shape index (κ3) is 3.45. The highest BCUT2D eigenvalue weighted by Crippen LogP contribution is 2.36. The molecule has 9 heteroatoms. The molecule has 0 unspecified atom stereocenters. The van der Waals surface area contributed by atoms with Gasteiger partial charge in [-0.2, -0.15) is 4.98 Å².